The molecule has 2 saturated heterocycles. The molecule has 3 heteroatoms. The maximum absolute atomic E-state index is 12.6. The zero-order valence-electron chi connectivity index (χ0n) is 15.8. The Balaban J connectivity index is 1.37. The fourth-order valence-electron chi connectivity index (χ4n) is 4.42. The van der Waals surface area contributed by atoms with Crippen LogP contribution in [0.25, 0.3) is 0 Å². The lowest BCUT2D eigenvalue weighted by Crippen LogP contribution is -2.41. The lowest BCUT2D eigenvalue weighted by atomic mass is 9.84. The van der Waals surface area contributed by atoms with Crippen LogP contribution in [0.4, 0.5) is 0 Å². The second-order valence-electron chi connectivity index (χ2n) is 8.14. The third-order valence-corrected chi connectivity index (χ3v) is 6.29. The van der Waals surface area contributed by atoms with Crippen molar-refractivity contribution in [1.29, 1.82) is 0 Å². The van der Waals surface area contributed by atoms with Crippen molar-refractivity contribution in [2.24, 2.45) is 17.8 Å². The van der Waals surface area contributed by atoms with Gasteiger partial charge < -0.3 is 10.2 Å². The molecule has 2 aliphatic heterocycles. The Bertz CT molecular complexity index is 516. The highest BCUT2D eigenvalue weighted by Crippen LogP contribution is 2.26. The third-order valence-electron chi connectivity index (χ3n) is 6.29. The van der Waals surface area contributed by atoms with Crippen LogP contribution >= 0.6 is 0 Å². The van der Waals surface area contributed by atoms with E-state index in [0.29, 0.717) is 17.7 Å². The number of aryl methyl sites for hydroxylation is 1. The van der Waals surface area contributed by atoms with Gasteiger partial charge in [0, 0.05) is 19.5 Å². The van der Waals surface area contributed by atoms with Crippen LogP contribution in [0.15, 0.2) is 30.3 Å². The van der Waals surface area contributed by atoms with Gasteiger partial charge in [0.25, 0.3) is 0 Å². The molecule has 2 atom stereocenters. The molecule has 1 amide bonds. The van der Waals surface area contributed by atoms with Gasteiger partial charge in [-0.05, 0) is 74.9 Å². The van der Waals surface area contributed by atoms with Crippen LogP contribution in [0, 0.1) is 17.8 Å². The molecule has 1 N–H and O–H groups in total. The number of hydrogen-bond acceptors (Lipinski definition) is 2. The smallest absolute Gasteiger partial charge is 0.222 e. The highest BCUT2D eigenvalue weighted by atomic mass is 16.2. The molecule has 0 aromatic heterocycles. The van der Waals surface area contributed by atoms with Crippen molar-refractivity contribution in [2.75, 3.05) is 26.2 Å². The van der Waals surface area contributed by atoms with Gasteiger partial charge in [0.2, 0.25) is 5.91 Å². The summed E-state index contributed by atoms with van der Waals surface area (Å²) in [5.41, 5.74) is 1.44. The monoisotopic (exact) mass is 342 g/mol. The number of rotatable bonds is 6. The second kappa shape index (κ2) is 9.38. The minimum atomic E-state index is 0.389. The molecule has 0 saturated carbocycles. The quantitative estimate of drug-likeness (QED) is 0.851. The number of carbonyl (C=O) groups is 1. The fraction of sp³-hybridized carbons (Fsp3) is 0.682. The maximum atomic E-state index is 12.6. The molecule has 2 aliphatic rings. The minimum Gasteiger partial charge on any atom is -0.343 e. The molecule has 0 bridgehead atoms. The van der Waals surface area contributed by atoms with Crippen molar-refractivity contribution in [2.45, 2.75) is 51.9 Å². The van der Waals surface area contributed by atoms with Crippen LogP contribution in [-0.4, -0.2) is 37.0 Å². The van der Waals surface area contributed by atoms with Gasteiger partial charge in [0.05, 0.1) is 0 Å². The van der Waals surface area contributed by atoms with Gasteiger partial charge in [0.1, 0.15) is 0 Å². The molecular formula is C22H34N2O. The van der Waals surface area contributed by atoms with Crippen LogP contribution in [0.2, 0.25) is 0 Å². The maximum Gasteiger partial charge on any atom is 0.222 e. The van der Waals surface area contributed by atoms with Crippen molar-refractivity contribution in [3.8, 4) is 0 Å². The zero-order valence-corrected chi connectivity index (χ0v) is 15.8. The largest absolute Gasteiger partial charge is 0.343 e. The van der Waals surface area contributed by atoms with Crippen LogP contribution in [-0.2, 0) is 11.2 Å². The second-order valence-corrected chi connectivity index (χ2v) is 8.14. The van der Waals surface area contributed by atoms with Crippen molar-refractivity contribution in [1.82, 2.24) is 10.2 Å². The van der Waals surface area contributed by atoms with Crippen molar-refractivity contribution in [3.63, 3.8) is 0 Å². The molecule has 2 heterocycles. The molecule has 3 rings (SSSR count). The number of nitrogens with one attached hydrogen (secondary N) is 1. The van der Waals surface area contributed by atoms with Crippen molar-refractivity contribution in [3.05, 3.63) is 35.9 Å². The van der Waals surface area contributed by atoms with E-state index in [9.17, 15) is 4.79 Å². The van der Waals surface area contributed by atoms with Crippen LogP contribution in [0.5, 0.6) is 0 Å². The van der Waals surface area contributed by atoms with Crippen LogP contribution < -0.4 is 5.32 Å². The first-order chi connectivity index (χ1) is 12.2. The average Bonchev–Trinajstić information content (AvgIpc) is 2.68. The van der Waals surface area contributed by atoms with E-state index in [-0.39, 0.29) is 0 Å². The summed E-state index contributed by atoms with van der Waals surface area (Å²) in [6.07, 6.45) is 8.07. The molecule has 3 nitrogen and oxygen atoms in total. The number of hydrogen-bond donors (Lipinski definition) is 1. The number of likely N-dealkylation sites (tertiary alicyclic amines) is 1. The molecule has 2 unspecified atom stereocenters. The first-order valence-electron chi connectivity index (χ1n) is 10.2. The topological polar surface area (TPSA) is 32.3 Å². The summed E-state index contributed by atoms with van der Waals surface area (Å²) in [6, 6.07) is 10.8. The third kappa shape index (κ3) is 5.57. The SMILES string of the molecule is CC(CC(=O)N1CCC(CCc2ccccc2)CC1)C1CCCNC1. The fourth-order valence-corrected chi connectivity index (χ4v) is 4.42. The predicted molar refractivity (Wildman–Crippen MR) is 103 cm³/mol. The van der Waals surface area contributed by atoms with E-state index < -0.39 is 0 Å². The van der Waals surface area contributed by atoms with Gasteiger partial charge >= 0.3 is 0 Å². The van der Waals surface area contributed by atoms with E-state index in [0.717, 1.165) is 38.5 Å². The number of carbonyl (C=O) groups excluding carboxylic acids is 1. The summed E-state index contributed by atoms with van der Waals surface area (Å²) >= 11 is 0. The van der Waals surface area contributed by atoms with E-state index >= 15 is 0 Å². The Morgan fingerprint density at radius 1 is 1.20 bits per heavy atom. The average molecular weight is 343 g/mol. The number of benzene rings is 1. The van der Waals surface area contributed by atoms with Gasteiger partial charge in [-0.1, -0.05) is 37.3 Å². The summed E-state index contributed by atoms with van der Waals surface area (Å²) in [5, 5.41) is 3.48. The molecule has 25 heavy (non-hydrogen) atoms. The van der Waals surface area contributed by atoms with Crippen molar-refractivity contribution >= 4 is 5.91 Å². The standard InChI is InChI=1S/C22H34N2O/c1-18(21-8-5-13-23-17-21)16-22(25)24-14-11-20(12-15-24)10-9-19-6-3-2-4-7-19/h2-4,6-7,18,20-21,23H,5,8-17H2,1H3. The summed E-state index contributed by atoms with van der Waals surface area (Å²) in [7, 11) is 0. The summed E-state index contributed by atoms with van der Waals surface area (Å²) in [4.78, 5) is 14.8. The molecule has 1 aromatic rings. The zero-order chi connectivity index (χ0) is 17.5. The summed E-state index contributed by atoms with van der Waals surface area (Å²) in [6.45, 7) is 6.44. The molecule has 0 radical (unpaired) electrons. The van der Waals surface area contributed by atoms with E-state index in [4.69, 9.17) is 0 Å². The van der Waals surface area contributed by atoms with E-state index in [1.165, 1.54) is 44.1 Å². The Kier molecular flexibility index (Phi) is 6.92. The highest BCUT2D eigenvalue weighted by molar-refractivity contribution is 5.76. The van der Waals surface area contributed by atoms with E-state index in [1.807, 2.05) is 0 Å². The number of amides is 1. The molecule has 138 valence electrons. The first-order valence-corrected chi connectivity index (χ1v) is 10.2. The Morgan fingerprint density at radius 2 is 1.96 bits per heavy atom. The summed E-state index contributed by atoms with van der Waals surface area (Å²) in [5.74, 6) is 2.36. The van der Waals surface area contributed by atoms with Crippen LogP contribution in [0.1, 0.15) is 51.0 Å². The van der Waals surface area contributed by atoms with Crippen LogP contribution in [0.3, 0.4) is 0 Å². The van der Waals surface area contributed by atoms with E-state index in [1.54, 1.807) is 0 Å². The van der Waals surface area contributed by atoms with Gasteiger partial charge in [-0.2, -0.15) is 0 Å². The molecular weight excluding hydrogens is 308 g/mol. The number of piperidine rings is 2. The Labute approximate surface area is 153 Å². The normalized spacial score (nSPS) is 23.4. The number of nitrogens with zero attached hydrogens (tertiary/aromatic N) is 1. The highest BCUT2D eigenvalue weighted by Gasteiger charge is 2.27. The Hall–Kier alpha value is -1.35. The predicted octanol–water partition coefficient (Wildman–Crippen LogP) is 3.88. The van der Waals surface area contributed by atoms with Crippen molar-refractivity contribution < 1.29 is 4.79 Å². The molecule has 1 aromatic carbocycles. The Morgan fingerprint density at radius 3 is 2.64 bits per heavy atom. The molecule has 0 spiro atoms. The van der Waals surface area contributed by atoms with Gasteiger partial charge in [-0.15, -0.1) is 0 Å². The first kappa shape index (κ1) is 18.4. The van der Waals surface area contributed by atoms with Gasteiger partial charge in [-0.3, -0.25) is 4.79 Å². The van der Waals surface area contributed by atoms with E-state index in [2.05, 4.69) is 47.5 Å². The molecule has 0 aliphatic carbocycles. The van der Waals surface area contributed by atoms with Gasteiger partial charge in [0.15, 0.2) is 0 Å². The molecule has 2 fully saturated rings. The lowest BCUT2D eigenvalue weighted by Gasteiger charge is -2.34. The summed E-state index contributed by atoms with van der Waals surface area (Å²) < 4.78 is 0. The lowest BCUT2D eigenvalue weighted by molar-refractivity contribution is -0.134. The minimum absolute atomic E-state index is 0.389. The van der Waals surface area contributed by atoms with Gasteiger partial charge in [-0.25, -0.2) is 0 Å².